The van der Waals surface area contributed by atoms with Crippen molar-refractivity contribution in [2.75, 3.05) is 6.61 Å². The molecule has 0 aromatic rings. The van der Waals surface area contributed by atoms with Gasteiger partial charge in [-0.3, -0.25) is 14.4 Å². The number of allylic oxidation sites excluding steroid dienone is 8. The highest BCUT2D eigenvalue weighted by molar-refractivity contribution is 6.41. The quantitative estimate of drug-likeness (QED) is 0.0254. The van der Waals surface area contributed by atoms with Crippen molar-refractivity contribution in [1.29, 1.82) is 0 Å². The Hall–Kier alpha value is -2.64. The van der Waals surface area contributed by atoms with Gasteiger partial charge in [-0.1, -0.05) is 120 Å². The fourth-order valence-electron chi connectivity index (χ4n) is 4.89. The summed E-state index contributed by atoms with van der Waals surface area (Å²) in [4.78, 5) is 50.1. The fourth-order valence-corrected chi connectivity index (χ4v) is 4.89. The highest BCUT2D eigenvalue weighted by atomic mass is 16.6. The van der Waals surface area contributed by atoms with Crippen molar-refractivity contribution in [2.45, 2.75) is 161 Å². The molecule has 0 fully saturated rings. The van der Waals surface area contributed by atoms with Gasteiger partial charge in [0, 0.05) is 6.42 Å². The molecule has 0 heterocycles. The van der Waals surface area contributed by atoms with Crippen LogP contribution in [0.25, 0.3) is 0 Å². The van der Waals surface area contributed by atoms with E-state index in [2.05, 4.69) is 67.2 Å². The predicted octanol–water partition coefficient (Wildman–Crippen LogP) is 9.01. The van der Waals surface area contributed by atoms with E-state index in [1.165, 1.54) is 38.5 Å². The van der Waals surface area contributed by atoms with Crippen LogP contribution in [-0.4, -0.2) is 46.4 Å². The van der Waals surface area contributed by atoms with Crippen LogP contribution in [0.15, 0.2) is 48.6 Å². The van der Waals surface area contributed by atoms with E-state index < -0.39 is 42.1 Å². The Morgan fingerprint density at radius 3 is 1.46 bits per heavy atom. The van der Waals surface area contributed by atoms with Crippen LogP contribution in [0, 0.1) is 5.92 Å². The summed E-state index contributed by atoms with van der Waals surface area (Å²) >= 11 is 0. The van der Waals surface area contributed by atoms with E-state index in [-0.39, 0.29) is 12.8 Å². The minimum absolute atomic E-state index is 0.0504. The summed E-state index contributed by atoms with van der Waals surface area (Å²) < 4.78 is 4.65. The largest absolute Gasteiger partial charge is 0.393 e. The number of carbonyl (C=O) groups is 4. The Labute approximate surface area is 279 Å². The molecule has 7 nitrogen and oxygen atoms in total. The van der Waals surface area contributed by atoms with Crippen LogP contribution >= 0.6 is 0 Å². The van der Waals surface area contributed by atoms with Crippen LogP contribution in [0.3, 0.4) is 0 Å². The van der Waals surface area contributed by atoms with E-state index in [1.54, 1.807) is 0 Å². The minimum atomic E-state index is -1.87. The molecule has 2 unspecified atom stereocenters. The Morgan fingerprint density at radius 1 is 0.565 bits per heavy atom. The Bertz CT molecular complexity index is 915. The third-order valence-corrected chi connectivity index (χ3v) is 7.82. The number of unbranched alkanes of at least 4 members (excludes halogenated alkanes) is 14. The molecule has 46 heavy (non-hydrogen) atoms. The van der Waals surface area contributed by atoms with Crippen molar-refractivity contribution < 1.29 is 34.1 Å². The molecule has 0 bridgehead atoms. The number of rotatable bonds is 31. The zero-order valence-electron chi connectivity index (χ0n) is 29.0. The fraction of sp³-hybridized carbons (Fsp3) is 0.692. The van der Waals surface area contributed by atoms with Crippen molar-refractivity contribution in [3.63, 3.8) is 0 Å². The molecule has 0 saturated heterocycles. The molecule has 0 aliphatic rings. The maximum Gasteiger partial charge on any atom is 0.345 e. The van der Waals surface area contributed by atoms with Gasteiger partial charge >= 0.3 is 11.9 Å². The number of hydrogen-bond donors (Lipinski definition) is 2. The maximum absolute atomic E-state index is 12.9. The normalized spacial score (nSPS) is 13.3. The number of ether oxygens (including phenoxy) is 1. The number of Topliss-reactive ketones (excluding diaryl/α,β-unsaturated/α-hetero) is 2. The summed E-state index contributed by atoms with van der Waals surface area (Å²) in [6, 6.07) is 0. The zero-order valence-corrected chi connectivity index (χ0v) is 29.0. The third-order valence-electron chi connectivity index (χ3n) is 7.82. The Kier molecular flexibility index (Phi) is 30.5. The average Bonchev–Trinajstić information content (AvgIpc) is 3.05. The molecule has 7 heteroatoms. The molecule has 0 aromatic carbocycles. The number of carbonyl (C=O) groups excluding carboxylic acids is 4. The summed E-state index contributed by atoms with van der Waals surface area (Å²) in [7, 11) is 0. The van der Waals surface area contributed by atoms with E-state index in [4.69, 9.17) is 5.11 Å². The van der Waals surface area contributed by atoms with Gasteiger partial charge in [-0.2, -0.15) is 0 Å². The summed E-state index contributed by atoms with van der Waals surface area (Å²) in [5.41, 5.74) is 0. The number of aliphatic hydroxyl groups is 2. The molecule has 0 saturated carbocycles. The summed E-state index contributed by atoms with van der Waals surface area (Å²) in [5.74, 6) is -5.31. The second kappa shape index (κ2) is 32.3. The van der Waals surface area contributed by atoms with Crippen LogP contribution in [0.1, 0.15) is 155 Å². The van der Waals surface area contributed by atoms with Gasteiger partial charge in [0.05, 0.1) is 6.61 Å². The number of hydrogen-bond acceptors (Lipinski definition) is 7. The topological polar surface area (TPSA) is 118 Å². The first-order chi connectivity index (χ1) is 22.4. The maximum atomic E-state index is 12.9. The van der Waals surface area contributed by atoms with Crippen molar-refractivity contribution in [2.24, 2.45) is 5.92 Å². The number of esters is 2. The Balaban J connectivity index is 4.48. The molecule has 0 aromatic heterocycles. The lowest BCUT2D eigenvalue weighted by Gasteiger charge is -2.15. The highest BCUT2D eigenvalue weighted by Crippen LogP contribution is 2.18. The smallest absolute Gasteiger partial charge is 0.345 e. The second-order valence-electron chi connectivity index (χ2n) is 12.1. The van der Waals surface area contributed by atoms with Gasteiger partial charge in [0.1, 0.15) is 5.92 Å². The molecule has 0 amide bonds. The molecule has 262 valence electrons. The minimum Gasteiger partial charge on any atom is -0.393 e. The zero-order chi connectivity index (χ0) is 34.1. The molecule has 2 atom stereocenters. The highest BCUT2D eigenvalue weighted by Gasteiger charge is 2.34. The van der Waals surface area contributed by atoms with Crippen LogP contribution in [0.5, 0.6) is 0 Å². The number of aliphatic hydroxyl groups excluding tert-OH is 2. The van der Waals surface area contributed by atoms with Gasteiger partial charge in [0.15, 0.2) is 11.9 Å². The van der Waals surface area contributed by atoms with Crippen molar-refractivity contribution in [3.8, 4) is 0 Å². The molecule has 0 aliphatic carbocycles. The molecule has 2 N–H and O–H groups in total. The van der Waals surface area contributed by atoms with E-state index in [0.717, 1.165) is 77.0 Å². The third kappa shape index (κ3) is 25.5. The van der Waals surface area contributed by atoms with Gasteiger partial charge in [-0.25, -0.2) is 4.79 Å². The van der Waals surface area contributed by atoms with Crippen molar-refractivity contribution >= 4 is 23.5 Å². The van der Waals surface area contributed by atoms with Crippen LogP contribution in [0.4, 0.5) is 0 Å². The lowest BCUT2D eigenvalue weighted by Crippen LogP contribution is -2.36. The second-order valence-corrected chi connectivity index (χ2v) is 12.1. The molecule has 0 rings (SSSR count). The monoisotopic (exact) mass is 644 g/mol. The van der Waals surface area contributed by atoms with Gasteiger partial charge in [0.2, 0.25) is 5.78 Å². The Morgan fingerprint density at radius 2 is 1.00 bits per heavy atom. The van der Waals surface area contributed by atoms with Gasteiger partial charge in [0.25, 0.3) is 0 Å². The van der Waals surface area contributed by atoms with Crippen molar-refractivity contribution in [1.82, 2.24) is 0 Å². The molecule has 0 radical (unpaired) electrons. The van der Waals surface area contributed by atoms with Crippen LogP contribution in [0.2, 0.25) is 0 Å². The molecule has 0 spiro atoms. The number of ketones is 2. The summed E-state index contributed by atoms with van der Waals surface area (Å²) in [5, 5.41) is 18.4. The first-order valence-corrected chi connectivity index (χ1v) is 18.1. The SMILES string of the molecule is CCCCC/C=C\C/C=C\CCCCCCC(=O)C(=O)C(CCCCCC/C=C\C/C=C\CCCCC)C(=O)OC(=O)C(O)CO. The lowest BCUT2D eigenvalue weighted by molar-refractivity contribution is -0.171. The lowest BCUT2D eigenvalue weighted by atomic mass is 9.92. The van der Waals surface area contributed by atoms with E-state index in [1.807, 2.05) is 0 Å². The predicted molar refractivity (Wildman–Crippen MR) is 187 cm³/mol. The first-order valence-electron chi connectivity index (χ1n) is 18.1. The van der Waals surface area contributed by atoms with E-state index in [9.17, 15) is 24.3 Å². The van der Waals surface area contributed by atoms with Gasteiger partial charge in [-0.05, 0) is 77.0 Å². The van der Waals surface area contributed by atoms with Gasteiger partial charge < -0.3 is 14.9 Å². The molecular weight excluding hydrogens is 580 g/mol. The molecule has 0 aliphatic heterocycles. The standard InChI is InChI=1S/C39H64O7/c1-3-5-7-9-11-13-15-17-19-21-23-25-27-29-31-34(38(44)46-39(45)36(42)33-40)37(43)35(41)32-30-28-26-24-22-20-18-16-14-12-10-8-6-4-2/h11-14,17-20,34,36,40,42H,3-10,15-16,21-33H2,1-2H3/b13-11-,14-12-,19-17-,20-18-. The first kappa shape index (κ1) is 43.4. The summed E-state index contributed by atoms with van der Waals surface area (Å²) in [6.07, 6.45) is 36.0. The summed E-state index contributed by atoms with van der Waals surface area (Å²) in [6.45, 7) is 3.51. The molecular formula is C39H64O7. The van der Waals surface area contributed by atoms with Crippen LogP contribution < -0.4 is 0 Å². The van der Waals surface area contributed by atoms with Gasteiger partial charge in [-0.15, -0.1) is 0 Å². The van der Waals surface area contributed by atoms with Crippen molar-refractivity contribution in [3.05, 3.63) is 48.6 Å². The van der Waals surface area contributed by atoms with E-state index in [0.29, 0.717) is 12.8 Å². The van der Waals surface area contributed by atoms with E-state index >= 15 is 0 Å². The average molecular weight is 645 g/mol. The van der Waals surface area contributed by atoms with Crippen LogP contribution in [-0.2, 0) is 23.9 Å².